The molecule has 2 heterocycles. The Hall–Kier alpha value is -1.99. The highest BCUT2D eigenvalue weighted by Crippen LogP contribution is 2.29. The van der Waals surface area contributed by atoms with Gasteiger partial charge >= 0.3 is 0 Å². The lowest BCUT2D eigenvalue weighted by atomic mass is 10.2. The second-order valence-electron chi connectivity index (χ2n) is 6.66. The van der Waals surface area contributed by atoms with Crippen molar-refractivity contribution in [2.45, 2.75) is 31.9 Å². The summed E-state index contributed by atoms with van der Waals surface area (Å²) >= 11 is 0. The fourth-order valence-corrected chi connectivity index (χ4v) is 3.55. The van der Waals surface area contributed by atoms with Gasteiger partial charge in [-0.05, 0) is 38.4 Å². The zero-order chi connectivity index (χ0) is 18.4. The van der Waals surface area contributed by atoms with Gasteiger partial charge in [0.05, 0.1) is 33.5 Å². The summed E-state index contributed by atoms with van der Waals surface area (Å²) in [6, 6.07) is 6.34. The van der Waals surface area contributed by atoms with Gasteiger partial charge in [-0.2, -0.15) is 0 Å². The highest BCUT2D eigenvalue weighted by molar-refractivity contribution is 5.93. The lowest BCUT2D eigenvalue weighted by Crippen LogP contribution is -2.47. The summed E-state index contributed by atoms with van der Waals surface area (Å²) in [7, 11) is 3.26. The number of rotatable bonds is 6. The van der Waals surface area contributed by atoms with Gasteiger partial charge in [-0.15, -0.1) is 0 Å². The number of fused-ring (bicyclic) bond motifs is 1. The first kappa shape index (κ1) is 18.8. The van der Waals surface area contributed by atoms with Crippen LogP contribution in [0.15, 0.2) is 23.2 Å². The second kappa shape index (κ2) is 9.09. The molecule has 0 bridgehead atoms. The number of guanidine groups is 1. The molecule has 2 saturated heterocycles. The predicted molar refractivity (Wildman–Crippen MR) is 103 cm³/mol. The summed E-state index contributed by atoms with van der Waals surface area (Å²) in [5, 5.41) is 6.61. The molecule has 144 valence electrons. The maximum atomic E-state index is 6.00. The molecule has 0 aliphatic carbocycles. The number of anilines is 1. The Morgan fingerprint density at radius 3 is 2.92 bits per heavy atom. The molecule has 2 aliphatic heterocycles. The molecule has 2 aliphatic rings. The van der Waals surface area contributed by atoms with Gasteiger partial charge in [0.2, 0.25) is 0 Å². The Bertz CT molecular complexity index is 623. The molecule has 3 rings (SSSR count). The number of morpholine rings is 1. The number of nitrogens with zero attached hydrogens (tertiary/aromatic N) is 2. The molecule has 2 N–H and O–H groups in total. The Morgan fingerprint density at radius 2 is 2.15 bits per heavy atom. The second-order valence-corrected chi connectivity index (χ2v) is 6.66. The van der Waals surface area contributed by atoms with Crippen LogP contribution in [-0.2, 0) is 4.74 Å². The molecule has 0 saturated carbocycles. The van der Waals surface area contributed by atoms with Gasteiger partial charge in [0.1, 0.15) is 0 Å². The van der Waals surface area contributed by atoms with E-state index in [1.165, 1.54) is 19.4 Å². The van der Waals surface area contributed by atoms with E-state index in [-0.39, 0.29) is 6.10 Å². The summed E-state index contributed by atoms with van der Waals surface area (Å²) in [4.78, 5) is 7.26. The quantitative estimate of drug-likeness (QED) is 0.596. The van der Waals surface area contributed by atoms with Gasteiger partial charge in [-0.25, -0.2) is 0 Å². The molecule has 0 amide bonds. The fraction of sp³-hybridized carbons (Fsp3) is 0.632. The van der Waals surface area contributed by atoms with E-state index in [4.69, 9.17) is 19.2 Å². The monoisotopic (exact) mass is 362 g/mol. The van der Waals surface area contributed by atoms with Gasteiger partial charge in [0, 0.05) is 30.9 Å². The number of ether oxygens (including phenoxy) is 3. The lowest BCUT2D eigenvalue weighted by Gasteiger charge is -2.34. The molecule has 2 fully saturated rings. The van der Waals surface area contributed by atoms with Crippen LogP contribution in [0.3, 0.4) is 0 Å². The predicted octanol–water partition coefficient (Wildman–Crippen LogP) is 1.94. The summed E-state index contributed by atoms with van der Waals surface area (Å²) in [6.45, 7) is 6.49. The van der Waals surface area contributed by atoms with Crippen LogP contribution in [-0.4, -0.2) is 70.0 Å². The van der Waals surface area contributed by atoms with Crippen LogP contribution in [0, 0.1) is 0 Å². The molecule has 2 atom stereocenters. The van der Waals surface area contributed by atoms with Crippen molar-refractivity contribution < 1.29 is 14.2 Å². The third kappa shape index (κ3) is 4.59. The average molecular weight is 362 g/mol. The van der Waals surface area contributed by atoms with Crippen LogP contribution < -0.4 is 20.1 Å². The highest BCUT2D eigenvalue weighted by atomic mass is 16.5. The first-order valence-electron chi connectivity index (χ1n) is 9.36. The molecule has 0 aromatic heterocycles. The Balaban J connectivity index is 1.62. The van der Waals surface area contributed by atoms with E-state index >= 15 is 0 Å². The SMILES string of the molecule is CCNC(=NCC1CN2CCCC2CO1)Nc1ccc(OC)c(OC)c1. The van der Waals surface area contributed by atoms with Gasteiger partial charge < -0.3 is 24.8 Å². The Labute approximate surface area is 155 Å². The number of aliphatic imine (C=N–C) groups is 1. The topological polar surface area (TPSA) is 67.4 Å². The third-order valence-corrected chi connectivity index (χ3v) is 4.91. The van der Waals surface area contributed by atoms with Crippen LogP contribution >= 0.6 is 0 Å². The number of hydrogen-bond donors (Lipinski definition) is 2. The molecular formula is C19H30N4O3. The molecule has 7 heteroatoms. The van der Waals surface area contributed by atoms with Crippen molar-refractivity contribution in [1.29, 1.82) is 0 Å². The van der Waals surface area contributed by atoms with E-state index in [2.05, 4.69) is 22.5 Å². The normalized spacial score (nSPS) is 23.4. The van der Waals surface area contributed by atoms with E-state index in [9.17, 15) is 0 Å². The molecule has 7 nitrogen and oxygen atoms in total. The fourth-order valence-electron chi connectivity index (χ4n) is 3.55. The van der Waals surface area contributed by atoms with Crippen molar-refractivity contribution in [3.8, 4) is 11.5 Å². The van der Waals surface area contributed by atoms with E-state index in [1.807, 2.05) is 18.2 Å². The lowest BCUT2D eigenvalue weighted by molar-refractivity contribution is -0.0431. The summed E-state index contributed by atoms with van der Waals surface area (Å²) in [5.74, 6) is 2.13. The first-order valence-corrected chi connectivity index (χ1v) is 9.36. The molecule has 0 spiro atoms. The van der Waals surface area contributed by atoms with Gasteiger partial charge in [0.25, 0.3) is 0 Å². The number of hydrogen-bond acceptors (Lipinski definition) is 5. The van der Waals surface area contributed by atoms with E-state index in [0.29, 0.717) is 24.1 Å². The third-order valence-electron chi connectivity index (χ3n) is 4.91. The van der Waals surface area contributed by atoms with Crippen molar-refractivity contribution in [3.63, 3.8) is 0 Å². The van der Waals surface area contributed by atoms with E-state index in [1.54, 1.807) is 14.2 Å². The molecule has 0 radical (unpaired) electrons. The summed E-state index contributed by atoms with van der Waals surface area (Å²) in [5.41, 5.74) is 0.895. The maximum Gasteiger partial charge on any atom is 0.195 e. The maximum absolute atomic E-state index is 6.00. The van der Waals surface area contributed by atoms with Crippen LogP contribution in [0.2, 0.25) is 0 Å². The first-order chi connectivity index (χ1) is 12.7. The van der Waals surface area contributed by atoms with Crippen LogP contribution in [0.1, 0.15) is 19.8 Å². The standard InChI is InChI=1S/C19H30N4O3/c1-4-20-19(22-14-7-8-17(24-2)18(10-14)25-3)21-11-16-12-23-9-5-6-15(23)13-26-16/h7-8,10,15-16H,4-6,9,11-13H2,1-3H3,(H2,20,21,22). The largest absolute Gasteiger partial charge is 0.493 e. The Morgan fingerprint density at radius 1 is 1.31 bits per heavy atom. The minimum Gasteiger partial charge on any atom is -0.493 e. The van der Waals surface area contributed by atoms with Crippen LogP contribution in [0.5, 0.6) is 11.5 Å². The van der Waals surface area contributed by atoms with Crippen LogP contribution in [0.4, 0.5) is 5.69 Å². The number of nitrogens with one attached hydrogen (secondary N) is 2. The molecular weight excluding hydrogens is 332 g/mol. The van der Waals surface area contributed by atoms with Crippen molar-refractivity contribution in [2.75, 3.05) is 52.3 Å². The van der Waals surface area contributed by atoms with E-state index < -0.39 is 0 Å². The molecule has 26 heavy (non-hydrogen) atoms. The van der Waals surface area contributed by atoms with Gasteiger partial charge in [-0.3, -0.25) is 9.89 Å². The average Bonchev–Trinajstić information content (AvgIpc) is 3.14. The molecule has 1 aromatic carbocycles. The van der Waals surface area contributed by atoms with Gasteiger partial charge in [0.15, 0.2) is 17.5 Å². The van der Waals surface area contributed by atoms with E-state index in [0.717, 1.165) is 31.3 Å². The minimum absolute atomic E-state index is 0.158. The highest BCUT2D eigenvalue weighted by Gasteiger charge is 2.31. The number of benzene rings is 1. The van der Waals surface area contributed by atoms with Crippen molar-refractivity contribution in [3.05, 3.63) is 18.2 Å². The Kier molecular flexibility index (Phi) is 6.57. The molecule has 1 aromatic rings. The summed E-state index contributed by atoms with van der Waals surface area (Å²) in [6.07, 6.45) is 2.71. The zero-order valence-electron chi connectivity index (χ0n) is 16.0. The van der Waals surface area contributed by atoms with Crippen molar-refractivity contribution in [2.24, 2.45) is 4.99 Å². The number of methoxy groups -OCH3 is 2. The summed E-state index contributed by atoms with van der Waals surface area (Å²) < 4.78 is 16.6. The smallest absolute Gasteiger partial charge is 0.195 e. The van der Waals surface area contributed by atoms with Crippen LogP contribution in [0.25, 0.3) is 0 Å². The minimum atomic E-state index is 0.158. The van der Waals surface area contributed by atoms with Crippen molar-refractivity contribution >= 4 is 11.6 Å². The molecule has 2 unspecified atom stereocenters. The van der Waals surface area contributed by atoms with Crippen molar-refractivity contribution in [1.82, 2.24) is 10.2 Å². The van der Waals surface area contributed by atoms with Gasteiger partial charge in [-0.1, -0.05) is 0 Å². The zero-order valence-corrected chi connectivity index (χ0v) is 16.0.